The van der Waals surface area contributed by atoms with Crippen molar-refractivity contribution in [2.75, 3.05) is 25.5 Å². The van der Waals surface area contributed by atoms with Crippen LogP contribution >= 0.6 is 11.6 Å². The maximum Gasteiger partial charge on any atom is 0.292 e. The van der Waals surface area contributed by atoms with Crippen LogP contribution in [0.2, 0.25) is 5.02 Å². The Kier molecular flexibility index (Phi) is 7.45. The van der Waals surface area contributed by atoms with Gasteiger partial charge in [0.25, 0.3) is 11.6 Å². The molecule has 0 fully saturated rings. The first-order valence-electron chi connectivity index (χ1n) is 8.63. The van der Waals surface area contributed by atoms with E-state index < -0.39 is 4.92 Å². The average Bonchev–Trinajstić information content (AvgIpc) is 2.66. The highest BCUT2D eigenvalue weighted by molar-refractivity contribution is 6.32. The number of carbonyl (C=O) groups excluding carboxylic acids is 1. The molecule has 1 amide bonds. The molecule has 0 aliphatic rings. The lowest BCUT2D eigenvalue weighted by Crippen LogP contribution is -2.29. The largest absolute Gasteiger partial charge is 0.493 e. The van der Waals surface area contributed by atoms with Gasteiger partial charge in [0.2, 0.25) is 0 Å². The summed E-state index contributed by atoms with van der Waals surface area (Å²) in [6, 6.07) is 9.37. The first-order chi connectivity index (χ1) is 13.3. The Morgan fingerprint density at radius 2 is 1.96 bits per heavy atom. The molecule has 0 bridgehead atoms. The molecule has 0 spiro atoms. The summed E-state index contributed by atoms with van der Waals surface area (Å²) < 4.78 is 10.9. The molecule has 0 aliphatic heterocycles. The van der Waals surface area contributed by atoms with Gasteiger partial charge in [-0.1, -0.05) is 23.7 Å². The van der Waals surface area contributed by atoms with Crippen LogP contribution in [0, 0.1) is 10.1 Å². The topological polar surface area (TPSA) is 103 Å². The maximum atomic E-state index is 12.4. The van der Waals surface area contributed by atoms with Gasteiger partial charge in [0, 0.05) is 24.7 Å². The highest BCUT2D eigenvalue weighted by atomic mass is 35.5. The number of hydrogen-bond acceptors (Lipinski definition) is 6. The fourth-order valence-electron chi connectivity index (χ4n) is 2.46. The van der Waals surface area contributed by atoms with Crippen LogP contribution in [0.15, 0.2) is 36.4 Å². The van der Waals surface area contributed by atoms with E-state index in [0.29, 0.717) is 29.3 Å². The highest BCUT2D eigenvalue weighted by Crippen LogP contribution is 2.37. The summed E-state index contributed by atoms with van der Waals surface area (Å²) in [7, 11) is 1.47. The van der Waals surface area contributed by atoms with Crippen LogP contribution in [0.1, 0.15) is 24.2 Å². The van der Waals surface area contributed by atoms with Crippen LogP contribution in [-0.2, 0) is 0 Å². The number of anilines is 1. The van der Waals surface area contributed by atoms with Crippen molar-refractivity contribution in [3.63, 3.8) is 0 Å². The Labute approximate surface area is 167 Å². The lowest BCUT2D eigenvalue weighted by atomic mass is 10.2. The molecular weight excluding hydrogens is 386 g/mol. The van der Waals surface area contributed by atoms with E-state index in [2.05, 4.69) is 10.6 Å². The number of para-hydroxylation sites is 2. The molecule has 0 saturated carbocycles. The van der Waals surface area contributed by atoms with Gasteiger partial charge in [-0.2, -0.15) is 0 Å². The van der Waals surface area contributed by atoms with Crippen molar-refractivity contribution in [2.24, 2.45) is 0 Å². The van der Waals surface area contributed by atoms with Gasteiger partial charge in [-0.25, -0.2) is 0 Å². The van der Waals surface area contributed by atoms with Crippen LogP contribution in [0.4, 0.5) is 11.4 Å². The number of nitrogens with one attached hydrogen (secondary N) is 2. The van der Waals surface area contributed by atoms with Crippen LogP contribution in [0.3, 0.4) is 0 Å². The third kappa shape index (κ3) is 5.50. The fourth-order valence-corrected chi connectivity index (χ4v) is 2.71. The number of benzene rings is 2. The quantitative estimate of drug-likeness (QED) is 0.371. The number of nitro groups is 1. The van der Waals surface area contributed by atoms with E-state index in [-0.39, 0.29) is 29.3 Å². The third-order valence-electron chi connectivity index (χ3n) is 3.67. The second kappa shape index (κ2) is 9.80. The average molecular weight is 408 g/mol. The summed E-state index contributed by atoms with van der Waals surface area (Å²) in [4.78, 5) is 22.9. The Balaban J connectivity index is 1.98. The lowest BCUT2D eigenvalue weighted by molar-refractivity contribution is -0.384. The van der Waals surface area contributed by atoms with E-state index in [0.717, 1.165) is 0 Å². The molecule has 0 aliphatic carbocycles. The zero-order valence-corrected chi connectivity index (χ0v) is 16.6. The molecule has 8 nitrogen and oxygen atoms in total. The SMILES string of the molecule is COc1cc(C(=O)NCCNc2ccccc2[N+](=O)[O-])cc(Cl)c1OC(C)C. The molecule has 9 heteroatoms. The second-order valence-electron chi connectivity index (χ2n) is 6.11. The van der Waals surface area contributed by atoms with Gasteiger partial charge in [-0.05, 0) is 32.0 Å². The molecule has 2 rings (SSSR count). The van der Waals surface area contributed by atoms with Crippen molar-refractivity contribution in [3.05, 3.63) is 57.1 Å². The van der Waals surface area contributed by atoms with Crippen LogP contribution in [0.25, 0.3) is 0 Å². The standard InChI is InChI=1S/C19H22ClN3O5/c1-12(2)28-18-14(20)10-13(11-17(18)27-3)19(24)22-9-8-21-15-6-4-5-7-16(15)23(25)26/h4-7,10-12,21H,8-9H2,1-3H3,(H,22,24). The van der Waals surface area contributed by atoms with Crippen molar-refractivity contribution in [1.82, 2.24) is 5.32 Å². The van der Waals surface area contributed by atoms with E-state index in [1.54, 1.807) is 24.3 Å². The van der Waals surface area contributed by atoms with Crippen LogP contribution in [0.5, 0.6) is 11.5 Å². The number of halogens is 1. The minimum Gasteiger partial charge on any atom is -0.493 e. The number of nitrogens with zero attached hydrogens (tertiary/aromatic N) is 1. The summed E-state index contributed by atoms with van der Waals surface area (Å²) in [5, 5.41) is 16.9. The Morgan fingerprint density at radius 1 is 1.25 bits per heavy atom. The molecule has 0 unspecified atom stereocenters. The monoisotopic (exact) mass is 407 g/mol. The van der Waals surface area contributed by atoms with Crippen molar-refractivity contribution >= 4 is 28.9 Å². The fraction of sp³-hybridized carbons (Fsp3) is 0.316. The number of carbonyl (C=O) groups is 1. The van der Waals surface area contributed by atoms with Gasteiger partial charge in [0.1, 0.15) is 5.69 Å². The van der Waals surface area contributed by atoms with Crippen LogP contribution < -0.4 is 20.1 Å². The molecule has 2 aromatic rings. The third-order valence-corrected chi connectivity index (χ3v) is 3.95. The zero-order valence-electron chi connectivity index (χ0n) is 15.8. The predicted octanol–water partition coefficient (Wildman–Crippen LogP) is 3.89. The molecular formula is C19H22ClN3O5. The van der Waals surface area contributed by atoms with E-state index in [9.17, 15) is 14.9 Å². The van der Waals surface area contributed by atoms with Crippen molar-refractivity contribution in [2.45, 2.75) is 20.0 Å². The molecule has 0 atom stereocenters. The Morgan fingerprint density at radius 3 is 2.61 bits per heavy atom. The minimum absolute atomic E-state index is 0.0221. The van der Waals surface area contributed by atoms with Crippen molar-refractivity contribution in [1.29, 1.82) is 0 Å². The number of methoxy groups -OCH3 is 1. The zero-order chi connectivity index (χ0) is 20.7. The Bertz CT molecular complexity index is 857. The summed E-state index contributed by atoms with van der Waals surface area (Å²) in [5.74, 6) is 0.402. The number of amides is 1. The number of nitro benzene ring substituents is 1. The molecule has 150 valence electrons. The summed E-state index contributed by atoms with van der Waals surface area (Å²) in [6.07, 6.45) is -0.0980. The second-order valence-corrected chi connectivity index (χ2v) is 6.52. The molecule has 0 saturated heterocycles. The minimum atomic E-state index is -0.462. The smallest absolute Gasteiger partial charge is 0.292 e. The normalized spacial score (nSPS) is 10.5. The van der Waals surface area contributed by atoms with Gasteiger partial charge in [-0.3, -0.25) is 14.9 Å². The summed E-state index contributed by atoms with van der Waals surface area (Å²) in [6.45, 7) is 4.30. The number of hydrogen-bond donors (Lipinski definition) is 2. The molecule has 2 aromatic carbocycles. The van der Waals surface area contributed by atoms with Crippen molar-refractivity contribution in [3.8, 4) is 11.5 Å². The lowest BCUT2D eigenvalue weighted by Gasteiger charge is -2.16. The Hall–Kier alpha value is -3.00. The van der Waals surface area contributed by atoms with Gasteiger partial charge >= 0.3 is 0 Å². The first kappa shape index (κ1) is 21.3. The van der Waals surface area contributed by atoms with E-state index in [1.807, 2.05) is 13.8 Å². The summed E-state index contributed by atoms with van der Waals surface area (Å²) in [5.41, 5.74) is 0.691. The molecule has 28 heavy (non-hydrogen) atoms. The van der Waals surface area contributed by atoms with Gasteiger partial charge in [-0.15, -0.1) is 0 Å². The van der Waals surface area contributed by atoms with Gasteiger partial charge in [0.15, 0.2) is 11.5 Å². The van der Waals surface area contributed by atoms with E-state index in [1.165, 1.54) is 19.2 Å². The number of ether oxygens (including phenoxy) is 2. The first-order valence-corrected chi connectivity index (χ1v) is 9.01. The van der Waals surface area contributed by atoms with E-state index >= 15 is 0 Å². The molecule has 0 radical (unpaired) electrons. The van der Waals surface area contributed by atoms with Crippen molar-refractivity contribution < 1.29 is 19.2 Å². The van der Waals surface area contributed by atoms with Gasteiger partial charge < -0.3 is 20.1 Å². The molecule has 2 N–H and O–H groups in total. The highest BCUT2D eigenvalue weighted by Gasteiger charge is 2.17. The maximum absolute atomic E-state index is 12.4. The summed E-state index contributed by atoms with van der Waals surface area (Å²) >= 11 is 6.23. The molecule has 0 heterocycles. The predicted molar refractivity (Wildman–Crippen MR) is 108 cm³/mol. The van der Waals surface area contributed by atoms with Gasteiger partial charge in [0.05, 0.1) is 23.2 Å². The number of rotatable bonds is 9. The molecule has 0 aromatic heterocycles. The van der Waals surface area contributed by atoms with E-state index in [4.69, 9.17) is 21.1 Å². The van der Waals surface area contributed by atoms with Crippen LogP contribution in [-0.4, -0.2) is 37.1 Å².